The van der Waals surface area contributed by atoms with E-state index in [4.69, 9.17) is 4.74 Å². The number of carbonyl (C=O) groups is 1. The number of aryl methyl sites for hydroxylation is 1. The third-order valence-corrected chi connectivity index (χ3v) is 4.65. The van der Waals surface area contributed by atoms with Crippen LogP contribution < -0.4 is 9.64 Å². The summed E-state index contributed by atoms with van der Waals surface area (Å²) in [4.78, 5) is 22.7. The number of hydrogen-bond donors (Lipinski definition) is 1. The molecular formula is C19H16F3N5O3. The Bertz CT molecular complexity index is 1140. The number of ether oxygens (including phenoxy) is 1. The van der Waals surface area contributed by atoms with E-state index >= 15 is 0 Å². The maximum atomic E-state index is 12.9. The summed E-state index contributed by atoms with van der Waals surface area (Å²) in [7, 11) is 1.39. The topological polar surface area (TPSA) is 93.4 Å². The fraction of sp³-hybridized carbons (Fsp3) is 0.263. The van der Waals surface area contributed by atoms with Crippen molar-refractivity contribution in [3.63, 3.8) is 0 Å². The SMILES string of the molecule is COc1ncc(-c2cc(C)c3c(n2)CN(c2cnn(CC(F)(F)F)c2)C3=O)cc1O. The molecular weight excluding hydrogens is 403 g/mol. The van der Waals surface area contributed by atoms with Gasteiger partial charge in [0.2, 0.25) is 0 Å². The highest BCUT2D eigenvalue weighted by molar-refractivity contribution is 6.10. The molecule has 0 aromatic carbocycles. The first-order valence-electron chi connectivity index (χ1n) is 8.81. The molecule has 0 aliphatic carbocycles. The summed E-state index contributed by atoms with van der Waals surface area (Å²) < 4.78 is 43.4. The van der Waals surface area contributed by atoms with Crippen LogP contribution in [0.5, 0.6) is 11.6 Å². The van der Waals surface area contributed by atoms with Gasteiger partial charge in [-0.3, -0.25) is 19.4 Å². The number of methoxy groups -OCH3 is 1. The normalized spacial score (nSPS) is 13.6. The Labute approximate surface area is 168 Å². The smallest absolute Gasteiger partial charge is 0.408 e. The number of rotatable bonds is 4. The molecule has 8 nitrogen and oxygen atoms in total. The summed E-state index contributed by atoms with van der Waals surface area (Å²) in [6.07, 6.45) is -0.523. The van der Waals surface area contributed by atoms with Crippen LogP contribution in [-0.4, -0.2) is 44.0 Å². The van der Waals surface area contributed by atoms with Crippen LogP contribution in [0.1, 0.15) is 21.6 Å². The van der Waals surface area contributed by atoms with Crippen molar-refractivity contribution in [2.45, 2.75) is 26.2 Å². The second kappa shape index (κ2) is 7.01. The molecule has 0 fully saturated rings. The van der Waals surface area contributed by atoms with E-state index in [0.717, 1.165) is 4.68 Å². The number of halogens is 3. The number of alkyl halides is 3. The van der Waals surface area contributed by atoms with Crippen molar-refractivity contribution in [3.05, 3.63) is 47.5 Å². The number of anilines is 1. The van der Waals surface area contributed by atoms with Crippen molar-refractivity contribution in [2.24, 2.45) is 0 Å². The quantitative estimate of drug-likeness (QED) is 0.699. The van der Waals surface area contributed by atoms with Crippen LogP contribution in [0.2, 0.25) is 0 Å². The van der Waals surface area contributed by atoms with E-state index in [1.54, 1.807) is 13.0 Å². The fourth-order valence-corrected chi connectivity index (χ4v) is 3.36. The van der Waals surface area contributed by atoms with Gasteiger partial charge in [0.25, 0.3) is 11.8 Å². The first-order chi connectivity index (χ1) is 14.2. The standard InChI is InChI=1S/C19H16F3N5O3/c1-10-3-13(11-4-15(28)17(30-2)23-5-11)25-14-8-27(18(29)16(10)14)12-6-24-26(7-12)9-19(20,21)22/h3-7,28H,8-9H2,1-2H3. The number of fused-ring (bicyclic) bond motifs is 1. The zero-order valence-corrected chi connectivity index (χ0v) is 15.9. The molecule has 0 atom stereocenters. The summed E-state index contributed by atoms with van der Waals surface area (Å²) in [5.41, 5.74) is 2.82. The number of pyridine rings is 2. The van der Waals surface area contributed by atoms with E-state index in [1.807, 2.05) is 0 Å². The number of aromatic nitrogens is 4. The molecule has 0 unspecified atom stereocenters. The second-order valence-electron chi connectivity index (χ2n) is 6.80. The Balaban J connectivity index is 1.65. The van der Waals surface area contributed by atoms with Crippen molar-refractivity contribution in [2.75, 3.05) is 12.0 Å². The molecule has 11 heteroatoms. The van der Waals surface area contributed by atoms with E-state index in [-0.39, 0.29) is 29.8 Å². The van der Waals surface area contributed by atoms with Crippen LogP contribution >= 0.6 is 0 Å². The number of nitrogens with zero attached hydrogens (tertiary/aromatic N) is 5. The lowest BCUT2D eigenvalue weighted by atomic mass is 10.1. The third kappa shape index (κ3) is 3.53. The van der Waals surface area contributed by atoms with E-state index in [2.05, 4.69) is 15.1 Å². The Morgan fingerprint density at radius 2 is 2.03 bits per heavy atom. The predicted molar refractivity (Wildman–Crippen MR) is 99.2 cm³/mol. The molecule has 4 heterocycles. The number of amides is 1. The summed E-state index contributed by atoms with van der Waals surface area (Å²) >= 11 is 0. The van der Waals surface area contributed by atoms with Crippen molar-refractivity contribution in [1.82, 2.24) is 19.7 Å². The van der Waals surface area contributed by atoms with E-state index in [0.29, 0.717) is 28.1 Å². The molecule has 0 spiro atoms. The molecule has 0 bridgehead atoms. The van der Waals surface area contributed by atoms with Gasteiger partial charge in [-0.1, -0.05) is 0 Å². The molecule has 30 heavy (non-hydrogen) atoms. The van der Waals surface area contributed by atoms with Gasteiger partial charge >= 0.3 is 6.18 Å². The van der Waals surface area contributed by atoms with Gasteiger partial charge in [-0.05, 0) is 24.6 Å². The van der Waals surface area contributed by atoms with Gasteiger partial charge in [-0.15, -0.1) is 0 Å². The van der Waals surface area contributed by atoms with Gasteiger partial charge in [0.1, 0.15) is 6.54 Å². The second-order valence-corrected chi connectivity index (χ2v) is 6.80. The lowest BCUT2D eigenvalue weighted by molar-refractivity contribution is -0.142. The Morgan fingerprint density at radius 1 is 1.27 bits per heavy atom. The van der Waals surface area contributed by atoms with Crippen LogP contribution in [-0.2, 0) is 13.1 Å². The fourth-order valence-electron chi connectivity index (χ4n) is 3.36. The van der Waals surface area contributed by atoms with E-state index in [1.165, 1.54) is 36.7 Å². The predicted octanol–water partition coefficient (Wildman–Crippen LogP) is 3.09. The van der Waals surface area contributed by atoms with E-state index < -0.39 is 12.7 Å². The van der Waals surface area contributed by atoms with Crippen molar-refractivity contribution >= 4 is 11.6 Å². The zero-order valence-electron chi connectivity index (χ0n) is 15.9. The largest absolute Gasteiger partial charge is 0.503 e. The van der Waals surface area contributed by atoms with Crippen LogP contribution in [0.15, 0.2) is 30.7 Å². The summed E-state index contributed by atoms with van der Waals surface area (Å²) in [6, 6.07) is 3.14. The highest BCUT2D eigenvalue weighted by Crippen LogP contribution is 2.33. The Hall–Kier alpha value is -3.63. The molecule has 3 aromatic heterocycles. The molecule has 1 aliphatic heterocycles. The maximum Gasteiger partial charge on any atom is 0.408 e. The van der Waals surface area contributed by atoms with Crippen LogP contribution in [0.4, 0.5) is 18.9 Å². The van der Waals surface area contributed by atoms with Gasteiger partial charge in [0.05, 0.1) is 42.5 Å². The number of aromatic hydroxyl groups is 1. The van der Waals surface area contributed by atoms with Crippen LogP contribution in [0, 0.1) is 6.92 Å². The molecule has 156 valence electrons. The first-order valence-corrected chi connectivity index (χ1v) is 8.81. The van der Waals surface area contributed by atoms with Crippen LogP contribution in [0.3, 0.4) is 0 Å². The molecule has 0 saturated heterocycles. The van der Waals surface area contributed by atoms with Crippen LogP contribution in [0.25, 0.3) is 11.3 Å². The minimum absolute atomic E-state index is 0.0776. The summed E-state index contributed by atoms with van der Waals surface area (Å²) in [5.74, 6) is -0.428. The highest BCUT2D eigenvalue weighted by Gasteiger charge is 2.34. The Kier molecular flexibility index (Phi) is 4.60. The summed E-state index contributed by atoms with van der Waals surface area (Å²) in [5, 5.41) is 13.7. The maximum absolute atomic E-state index is 12.9. The van der Waals surface area contributed by atoms with Gasteiger partial charge in [0.15, 0.2) is 5.75 Å². The lowest BCUT2D eigenvalue weighted by Gasteiger charge is -2.12. The monoisotopic (exact) mass is 419 g/mol. The molecule has 1 N–H and O–H groups in total. The average Bonchev–Trinajstić information content (AvgIpc) is 3.24. The molecule has 3 aromatic rings. The highest BCUT2D eigenvalue weighted by atomic mass is 19.4. The molecule has 0 radical (unpaired) electrons. The number of hydrogen-bond acceptors (Lipinski definition) is 6. The van der Waals surface area contributed by atoms with Crippen molar-refractivity contribution in [1.29, 1.82) is 0 Å². The van der Waals surface area contributed by atoms with Crippen molar-refractivity contribution < 1.29 is 27.8 Å². The third-order valence-electron chi connectivity index (χ3n) is 4.65. The van der Waals surface area contributed by atoms with Gasteiger partial charge in [0, 0.05) is 18.0 Å². The first kappa shape index (κ1) is 19.7. The summed E-state index contributed by atoms with van der Waals surface area (Å²) in [6.45, 7) is 0.600. The zero-order chi connectivity index (χ0) is 21.6. The number of carbonyl (C=O) groups excluding carboxylic acids is 1. The van der Waals surface area contributed by atoms with Gasteiger partial charge in [-0.25, -0.2) is 4.98 Å². The molecule has 1 aliphatic rings. The van der Waals surface area contributed by atoms with Crippen molar-refractivity contribution in [3.8, 4) is 22.9 Å². The lowest BCUT2D eigenvalue weighted by Crippen LogP contribution is -2.23. The molecule has 0 saturated carbocycles. The van der Waals surface area contributed by atoms with Gasteiger partial charge in [-0.2, -0.15) is 18.3 Å². The molecule has 1 amide bonds. The average molecular weight is 419 g/mol. The molecule has 4 rings (SSSR count). The minimum Gasteiger partial charge on any atom is -0.503 e. The van der Waals surface area contributed by atoms with Gasteiger partial charge < -0.3 is 9.84 Å². The van der Waals surface area contributed by atoms with E-state index in [9.17, 15) is 23.1 Å². The minimum atomic E-state index is -4.41. The Morgan fingerprint density at radius 3 is 2.70 bits per heavy atom.